The van der Waals surface area contributed by atoms with Crippen molar-refractivity contribution in [2.24, 2.45) is 0 Å². The van der Waals surface area contributed by atoms with E-state index in [-0.39, 0.29) is 12.5 Å². The third-order valence-electron chi connectivity index (χ3n) is 4.04. The zero-order valence-electron chi connectivity index (χ0n) is 15.9. The summed E-state index contributed by atoms with van der Waals surface area (Å²) in [6.45, 7) is 0.127. The van der Waals surface area contributed by atoms with E-state index in [1.54, 1.807) is 48.5 Å². The third kappa shape index (κ3) is 5.25. The molecule has 3 aromatic heterocycles. The zero-order valence-corrected chi connectivity index (χ0v) is 16.7. The Labute approximate surface area is 181 Å². The van der Waals surface area contributed by atoms with Crippen LogP contribution in [0, 0.1) is 0 Å². The molecule has 0 aliphatic carbocycles. The van der Waals surface area contributed by atoms with Crippen LogP contribution in [-0.4, -0.2) is 32.1 Å². The van der Waals surface area contributed by atoms with Crippen molar-refractivity contribution >= 4 is 35.0 Å². The maximum absolute atomic E-state index is 12.4. The molecule has 0 atom stereocenters. The number of carbonyl (C=O) groups is 2. The van der Waals surface area contributed by atoms with E-state index < -0.39 is 6.03 Å². The van der Waals surface area contributed by atoms with Gasteiger partial charge >= 0.3 is 6.03 Å². The molecule has 4 aromatic rings. The number of nitrogens with one attached hydrogen (secondary N) is 4. The summed E-state index contributed by atoms with van der Waals surface area (Å²) in [5, 5.41) is 15.2. The molecule has 0 saturated heterocycles. The number of aromatic nitrogens is 4. The summed E-state index contributed by atoms with van der Waals surface area (Å²) in [6, 6.07) is 12.7. The minimum atomic E-state index is -0.465. The molecule has 11 heteroatoms. The summed E-state index contributed by atoms with van der Waals surface area (Å²) in [4.78, 5) is 32.9. The number of rotatable bonds is 6. The minimum absolute atomic E-state index is 0.127. The number of pyridine rings is 1. The van der Waals surface area contributed by atoms with Gasteiger partial charge in [-0.05, 0) is 42.5 Å². The summed E-state index contributed by atoms with van der Waals surface area (Å²) >= 11 is 5.79. The van der Waals surface area contributed by atoms with Gasteiger partial charge in [0, 0.05) is 17.4 Å². The second-order valence-corrected chi connectivity index (χ2v) is 6.72. The molecule has 0 saturated carbocycles. The van der Waals surface area contributed by atoms with E-state index in [2.05, 4.69) is 36.1 Å². The van der Waals surface area contributed by atoms with E-state index >= 15 is 0 Å². The van der Waals surface area contributed by atoms with Gasteiger partial charge < -0.3 is 20.4 Å². The number of aromatic amines is 1. The first-order valence-electron chi connectivity index (χ1n) is 9.10. The van der Waals surface area contributed by atoms with E-state index in [1.807, 2.05) is 0 Å². The van der Waals surface area contributed by atoms with E-state index in [4.69, 9.17) is 16.0 Å². The molecule has 3 heterocycles. The van der Waals surface area contributed by atoms with Gasteiger partial charge in [0.2, 0.25) is 5.82 Å². The van der Waals surface area contributed by atoms with Crippen LogP contribution in [0.1, 0.15) is 16.2 Å². The molecule has 0 bridgehead atoms. The zero-order chi connectivity index (χ0) is 21.6. The molecule has 0 spiro atoms. The molecular weight excluding hydrogens is 422 g/mol. The van der Waals surface area contributed by atoms with Gasteiger partial charge in [0.1, 0.15) is 11.6 Å². The fourth-order valence-corrected chi connectivity index (χ4v) is 2.72. The SMILES string of the molecule is O=C(NCc1nc(-c2ccco2)n[nH]1)Nc1cccc(C(=O)Nc2ccc(Cl)cn2)c1. The number of anilines is 2. The van der Waals surface area contributed by atoms with Crippen molar-refractivity contribution in [2.75, 3.05) is 10.6 Å². The molecule has 0 radical (unpaired) electrons. The Kier molecular flexibility index (Phi) is 5.90. The number of nitrogens with zero attached hydrogens (tertiary/aromatic N) is 3. The summed E-state index contributed by atoms with van der Waals surface area (Å²) in [5.41, 5.74) is 0.802. The number of halogens is 1. The number of carbonyl (C=O) groups excluding carboxylic acids is 2. The standard InChI is InChI=1S/C20H16ClN7O3/c21-13-6-7-16(22-10-13)26-19(29)12-3-1-4-14(9-12)24-20(30)23-11-17-25-18(28-27-17)15-5-2-8-31-15/h1-10H,11H2,(H,22,26,29)(H2,23,24,30)(H,25,27,28). The predicted octanol–water partition coefficient (Wildman–Crippen LogP) is 3.69. The first kappa shape index (κ1) is 20.1. The molecule has 0 aliphatic rings. The summed E-state index contributed by atoms with van der Waals surface area (Å²) in [7, 11) is 0. The van der Waals surface area contributed by atoms with Crippen LogP contribution in [0.5, 0.6) is 0 Å². The van der Waals surface area contributed by atoms with Gasteiger partial charge in [0.15, 0.2) is 5.76 Å². The van der Waals surface area contributed by atoms with Crippen molar-refractivity contribution in [3.63, 3.8) is 0 Å². The molecule has 10 nitrogen and oxygen atoms in total. The highest BCUT2D eigenvalue weighted by Crippen LogP contribution is 2.15. The Hall–Kier alpha value is -4.18. The fourth-order valence-electron chi connectivity index (χ4n) is 2.61. The van der Waals surface area contributed by atoms with Crippen molar-refractivity contribution in [1.29, 1.82) is 0 Å². The lowest BCUT2D eigenvalue weighted by Crippen LogP contribution is -2.28. The Bertz CT molecular complexity index is 1190. The van der Waals surface area contributed by atoms with Gasteiger partial charge in [-0.2, -0.15) is 0 Å². The van der Waals surface area contributed by atoms with Gasteiger partial charge in [0.05, 0.1) is 17.8 Å². The summed E-state index contributed by atoms with van der Waals surface area (Å²) < 4.78 is 5.22. The number of amides is 3. The van der Waals surface area contributed by atoms with E-state index in [0.717, 1.165) is 0 Å². The molecule has 0 unspecified atom stereocenters. The monoisotopic (exact) mass is 437 g/mol. The second kappa shape index (κ2) is 9.09. The highest BCUT2D eigenvalue weighted by molar-refractivity contribution is 6.30. The molecule has 3 amide bonds. The number of hydrogen-bond donors (Lipinski definition) is 4. The first-order chi connectivity index (χ1) is 15.1. The highest BCUT2D eigenvalue weighted by Gasteiger charge is 2.11. The summed E-state index contributed by atoms with van der Waals surface area (Å²) in [5.74, 6) is 1.38. The average molecular weight is 438 g/mol. The average Bonchev–Trinajstić information content (AvgIpc) is 3.46. The highest BCUT2D eigenvalue weighted by atomic mass is 35.5. The number of hydrogen-bond acceptors (Lipinski definition) is 6. The van der Waals surface area contributed by atoms with Crippen molar-refractivity contribution < 1.29 is 14.0 Å². The van der Waals surface area contributed by atoms with Gasteiger partial charge in [-0.1, -0.05) is 17.7 Å². The number of benzene rings is 1. The normalized spacial score (nSPS) is 10.5. The smallest absolute Gasteiger partial charge is 0.319 e. The van der Waals surface area contributed by atoms with Crippen LogP contribution in [0.2, 0.25) is 5.02 Å². The number of urea groups is 1. The molecule has 0 fully saturated rings. The largest absolute Gasteiger partial charge is 0.461 e. The maximum atomic E-state index is 12.4. The van der Waals surface area contributed by atoms with Crippen molar-refractivity contribution in [3.05, 3.63) is 77.4 Å². The molecule has 0 aliphatic heterocycles. The first-order valence-corrected chi connectivity index (χ1v) is 9.47. The predicted molar refractivity (Wildman–Crippen MR) is 114 cm³/mol. The van der Waals surface area contributed by atoms with Crippen LogP contribution in [0.4, 0.5) is 16.3 Å². The molecule has 4 rings (SSSR count). The summed E-state index contributed by atoms with van der Waals surface area (Å²) in [6.07, 6.45) is 2.96. The Morgan fingerprint density at radius 2 is 2.00 bits per heavy atom. The Morgan fingerprint density at radius 1 is 1.10 bits per heavy atom. The maximum Gasteiger partial charge on any atom is 0.319 e. The molecule has 4 N–H and O–H groups in total. The Balaban J connectivity index is 1.32. The van der Waals surface area contributed by atoms with Crippen LogP contribution >= 0.6 is 11.6 Å². The van der Waals surface area contributed by atoms with Gasteiger partial charge in [-0.15, -0.1) is 5.10 Å². The van der Waals surface area contributed by atoms with Crippen LogP contribution in [-0.2, 0) is 6.54 Å². The van der Waals surface area contributed by atoms with Crippen LogP contribution in [0.15, 0.2) is 65.4 Å². The lowest BCUT2D eigenvalue weighted by molar-refractivity contribution is 0.102. The van der Waals surface area contributed by atoms with Crippen LogP contribution < -0.4 is 16.0 Å². The number of H-pyrrole nitrogens is 1. The molecular formula is C20H16ClN7O3. The van der Waals surface area contributed by atoms with Crippen molar-refractivity contribution in [2.45, 2.75) is 6.54 Å². The van der Waals surface area contributed by atoms with Gasteiger partial charge in [0.25, 0.3) is 5.91 Å². The topological polar surface area (TPSA) is 138 Å². The van der Waals surface area contributed by atoms with Gasteiger partial charge in [-0.25, -0.2) is 14.8 Å². The molecule has 156 valence electrons. The van der Waals surface area contributed by atoms with E-state index in [0.29, 0.717) is 39.5 Å². The lowest BCUT2D eigenvalue weighted by Gasteiger charge is -2.09. The van der Waals surface area contributed by atoms with E-state index in [1.165, 1.54) is 12.5 Å². The van der Waals surface area contributed by atoms with Crippen molar-refractivity contribution in [3.8, 4) is 11.6 Å². The van der Waals surface area contributed by atoms with E-state index in [9.17, 15) is 9.59 Å². The quantitative estimate of drug-likeness (QED) is 0.363. The number of furan rings is 1. The second-order valence-electron chi connectivity index (χ2n) is 6.29. The molecule has 31 heavy (non-hydrogen) atoms. The Morgan fingerprint density at radius 3 is 2.77 bits per heavy atom. The fraction of sp³-hybridized carbons (Fsp3) is 0.0500. The van der Waals surface area contributed by atoms with Crippen LogP contribution in [0.3, 0.4) is 0 Å². The van der Waals surface area contributed by atoms with Gasteiger partial charge in [-0.3, -0.25) is 9.89 Å². The lowest BCUT2D eigenvalue weighted by atomic mass is 10.2. The third-order valence-corrected chi connectivity index (χ3v) is 4.26. The van der Waals surface area contributed by atoms with Crippen LogP contribution in [0.25, 0.3) is 11.6 Å². The molecule has 1 aromatic carbocycles. The minimum Gasteiger partial charge on any atom is -0.461 e. The van der Waals surface area contributed by atoms with Crippen molar-refractivity contribution in [1.82, 2.24) is 25.5 Å².